The molecule has 0 aliphatic heterocycles. The summed E-state index contributed by atoms with van der Waals surface area (Å²) in [5.41, 5.74) is 2.94. The van der Waals surface area contributed by atoms with Crippen LogP contribution in [0.2, 0.25) is 0 Å². The fourth-order valence-electron chi connectivity index (χ4n) is 0.919. The van der Waals surface area contributed by atoms with Gasteiger partial charge < -0.3 is 4.74 Å². The normalized spacial score (nSPS) is 9.46. The highest BCUT2D eigenvalue weighted by molar-refractivity contribution is 5.93. The third-order valence-electron chi connectivity index (χ3n) is 1.64. The predicted octanol–water partition coefficient (Wildman–Crippen LogP) is 0.703. The summed E-state index contributed by atoms with van der Waals surface area (Å²) in [4.78, 5) is 3.93. The van der Waals surface area contributed by atoms with Crippen LogP contribution in [0.15, 0.2) is 12.3 Å². The monoisotopic (exact) mass is 181 g/mol. The van der Waals surface area contributed by atoms with Crippen molar-refractivity contribution < 1.29 is 9.94 Å². The van der Waals surface area contributed by atoms with Gasteiger partial charge in [-0.1, -0.05) is 0 Å². The molecule has 5 nitrogen and oxygen atoms in total. The zero-order chi connectivity index (χ0) is 9.84. The van der Waals surface area contributed by atoms with Crippen molar-refractivity contribution in [3.05, 3.63) is 23.5 Å². The lowest BCUT2D eigenvalue weighted by atomic mass is 10.2. The van der Waals surface area contributed by atoms with Gasteiger partial charge in [0.15, 0.2) is 5.84 Å². The van der Waals surface area contributed by atoms with Crippen LogP contribution in [0, 0.1) is 12.3 Å². The summed E-state index contributed by atoms with van der Waals surface area (Å²) in [7, 11) is 1.54. The minimum absolute atomic E-state index is 0.154. The molecular weight excluding hydrogens is 170 g/mol. The van der Waals surface area contributed by atoms with Crippen LogP contribution in [0.25, 0.3) is 0 Å². The topological polar surface area (TPSA) is 78.2 Å². The summed E-state index contributed by atoms with van der Waals surface area (Å²) in [5, 5.41) is 15.7. The van der Waals surface area contributed by atoms with Gasteiger partial charge in [0.25, 0.3) is 0 Å². The molecule has 0 spiro atoms. The predicted molar refractivity (Wildman–Crippen MR) is 47.3 cm³/mol. The van der Waals surface area contributed by atoms with Crippen molar-refractivity contribution in [2.24, 2.45) is 0 Å². The Kier molecular flexibility index (Phi) is 2.81. The number of nitrogens with zero attached hydrogens (tertiary/aromatic N) is 1. The van der Waals surface area contributed by atoms with E-state index >= 15 is 0 Å². The molecule has 1 aromatic rings. The second-order valence-electron chi connectivity index (χ2n) is 2.53. The van der Waals surface area contributed by atoms with E-state index in [1.165, 1.54) is 0 Å². The number of methoxy groups -OCH3 is 1. The first-order valence-electron chi connectivity index (χ1n) is 3.68. The molecule has 0 amide bonds. The number of hydroxylamine groups is 1. The lowest BCUT2D eigenvalue weighted by molar-refractivity contribution is 0.234. The van der Waals surface area contributed by atoms with Crippen LogP contribution >= 0.6 is 0 Å². The molecule has 0 saturated carbocycles. The fraction of sp³-hybridized carbons (Fsp3) is 0.250. The Morgan fingerprint density at radius 2 is 2.38 bits per heavy atom. The van der Waals surface area contributed by atoms with Crippen LogP contribution in [-0.2, 0) is 0 Å². The molecule has 3 N–H and O–H groups in total. The van der Waals surface area contributed by atoms with E-state index in [9.17, 15) is 0 Å². The zero-order valence-electron chi connectivity index (χ0n) is 7.46. The van der Waals surface area contributed by atoms with Crippen molar-refractivity contribution >= 4 is 5.84 Å². The molecule has 0 bridgehead atoms. The number of amidine groups is 1. The minimum Gasteiger partial charge on any atom is -0.496 e. The molecule has 0 unspecified atom stereocenters. The quantitative estimate of drug-likeness (QED) is 0.356. The number of rotatable bonds is 2. The van der Waals surface area contributed by atoms with Crippen LogP contribution in [0.3, 0.4) is 0 Å². The van der Waals surface area contributed by atoms with Crippen molar-refractivity contribution in [3.63, 3.8) is 0 Å². The van der Waals surface area contributed by atoms with Crippen molar-refractivity contribution in [1.29, 1.82) is 5.41 Å². The Morgan fingerprint density at radius 1 is 1.69 bits per heavy atom. The molecule has 0 fully saturated rings. The summed E-state index contributed by atoms with van der Waals surface area (Å²) >= 11 is 0. The number of ether oxygens (including phenoxy) is 1. The van der Waals surface area contributed by atoms with Gasteiger partial charge in [0, 0.05) is 17.8 Å². The fourth-order valence-corrected chi connectivity index (χ4v) is 0.919. The van der Waals surface area contributed by atoms with Gasteiger partial charge in [0.1, 0.15) is 11.4 Å². The Labute approximate surface area is 75.8 Å². The molecule has 13 heavy (non-hydrogen) atoms. The average Bonchev–Trinajstić information content (AvgIpc) is 2.17. The number of hydrogen-bond acceptors (Lipinski definition) is 4. The first kappa shape index (κ1) is 9.47. The lowest BCUT2D eigenvalue weighted by Crippen LogP contribution is -2.20. The van der Waals surface area contributed by atoms with Crippen molar-refractivity contribution in [2.75, 3.05) is 7.11 Å². The lowest BCUT2D eigenvalue weighted by Gasteiger charge is -2.06. The van der Waals surface area contributed by atoms with Gasteiger partial charge >= 0.3 is 0 Å². The van der Waals surface area contributed by atoms with Crippen LogP contribution in [0.1, 0.15) is 11.3 Å². The Bertz CT molecular complexity index is 325. The highest BCUT2D eigenvalue weighted by atomic mass is 16.5. The van der Waals surface area contributed by atoms with Gasteiger partial charge in [0.2, 0.25) is 0 Å². The number of nitrogens with one attached hydrogen (secondary N) is 2. The molecular formula is C8H11N3O2. The smallest absolute Gasteiger partial charge is 0.168 e. The van der Waals surface area contributed by atoms with E-state index in [2.05, 4.69) is 4.98 Å². The van der Waals surface area contributed by atoms with Crippen LogP contribution < -0.4 is 10.2 Å². The maximum Gasteiger partial charge on any atom is 0.168 e. The van der Waals surface area contributed by atoms with Crippen LogP contribution in [0.4, 0.5) is 0 Å². The molecule has 1 aromatic heterocycles. The number of pyridine rings is 1. The highest BCUT2D eigenvalue weighted by Gasteiger charge is 2.05. The van der Waals surface area contributed by atoms with Gasteiger partial charge in [-0.15, -0.1) is 0 Å². The molecule has 1 rings (SSSR count). The van der Waals surface area contributed by atoms with Crippen molar-refractivity contribution in [3.8, 4) is 5.75 Å². The van der Waals surface area contributed by atoms with Crippen LogP contribution in [-0.4, -0.2) is 23.1 Å². The molecule has 0 radical (unpaired) electrons. The molecule has 0 aliphatic carbocycles. The summed E-state index contributed by atoms with van der Waals surface area (Å²) in [5.74, 6) is 0.489. The largest absolute Gasteiger partial charge is 0.496 e. The molecule has 70 valence electrons. The van der Waals surface area contributed by atoms with Gasteiger partial charge in [0.05, 0.1) is 7.11 Å². The van der Waals surface area contributed by atoms with E-state index in [-0.39, 0.29) is 5.84 Å². The summed E-state index contributed by atoms with van der Waals surface area (Å²) in [6.45, 7) is 1.85. The molecule has 5 heteroatoms. The number of aryl methyl sites for hydroxylation is 1. The standard InChI is InChI=1S/C8H11N3O2/c1-5-4-10-6(8(9)11-12)3-7(5)13-2/h3-4,12H,1-2H3,(H2,9,11). The molecule has 1 heterocycles. The highest BCUT2D eigenvalue weighted by Crippen LogP contribution is 2.16. The third-order valence-corrected chi connectivity index (χ3v) is 1.64. The summed E-state index contributed by atoms with van der Waals surface area (Å²) in [6.07, 6.45) is 1.58. The maximum absolute atomic E-state index is 8.47. The van der Waals surface area contributed by atoms with Gasteiger partial charge in [-0.25, -0.2) is 0 Å². The first-order valence-corrected chi connectivity index (χ1v) is 3.68. The third kappa shape index (κ3) is 1.94. The Balaban J connectivity index is 3.06. The minimum atomic E-state index is -0.154. The molecule has 0 aromatic carbocycles. The molecule has 0 aliphatic rings. The Morgan fingerprint density at radius 3 is 2.92 bits per heavy atom. The SMILES string of the molecule is COc1cc(C(=N)NO)ncc1C. The van der Waals surface area contributed by atoms with E-state index < -0.39 is 0 Å². The van der Waals surface area contributed by atoms with E-state index in [1.807, 2.05) is 6.92 Å². The summed E-state index contributed by atoms with van der Waals surface area (Å²) in [6, 6.07) is 1.58. The second-order valence-corrected chi connectivity index (χ2v) is 2.53. The van der Waals surface area contributed by atoms with E-state index in [0.29, 0.717) is 11.4 Å². The van der Waals surface area contributed by atoms with Crippen molar-refractivity contribution in [2.45, 2.75) is 6.92 Å². The second kappa shape index (κ2) is 3.86. The number of aromatic nitrogens is 1. The van der Waals surface area contributed by atoms with Gasteiger partial charge in [-0.05, 0) is 6.92 Å². The van der Waals surface area contributed by atoms with Gasteiger partial charge in [-0.3, -0.25) is 21.1 Å². The van der Waals surface area contributed by atoms with Crippen molar-refractivity contribution in [1.82, 2.24) is 10.5 Å². The average molecular weight is 181 g/mol. The maximum atomic E-state index is 8.47. The Hall–Kier alpha value is -1.62. The van der Waals surface area contributed by atoms with Crippen LogP contribution in [0.5, 0.6) is 5.75 Å². The number of hydrogen-bond donors (Lipinski definition) is 3. The zero-order valence-corrected chi connectivity index (χ0v) is 7.46. The first-order chi connectivity index (χ1) is 6.19. The van der Waals surface area contributed by atoms with E-state index in [4.69, 9.17) is 15.4 Å². The summed E-state index contributed by atoms with van der Waals surface area (Å²) < 4.78 is 5.03. The molecule has 0 saturated heterocycles. The van der Waals surface area contributed by atoms with E-state index in [1.54, 1.807) is 24.9 Å². The van der Waals surface area contributed by atoms with Gasteiger partial charge in [-0.2, -0.15) is 0 Å². The molecule has 0 atom stereocenters. The van der Waals surface area contributed by atoms with E-state index in [0.717, 1.165) is 5.56 Å².